The number of benzene rings is 2. The summed E-state index contributed by atoms with van der Waals surface area (Å²) in [6, 6.07) is 14.7. The van der Waals surface area contributed by atoms with Gasteiger partial charge in [0.15, 0.2) is 0 Å². The van der Waals surface area contributed by atoms with Gasteiger partial charge in [-0.3, -0.25) is 0 Å². The Morgan fingerprint density at radius 3 is 2.36 bits per heavy atom. The molecule has 0 fully saturated rings. The lowest BCUT2D eigenvalue weighted by Crippen LogP contribution is -2.06. The van der Waals surface area contributed by atoms with Crippen LogP contribution >= 0.6 is 0 Å². The first-order chi connectivity index (χ1) is 10.7. The van der Waals surface area contributed by atoms with E-state index >= 15 is 0 Å². The van der Waals surface area contributed by atoms with Crippen LogP contribution in [0.25, 0.3) is 0 Å². The summed E-state index contributed by atoms with van der Waals surface area (Å²) < 4.78 is 15.8. The third-order valence-electron chi connectivity index (χ3n) is 3.52. The number of esters is 1. The molecule has 4 heteroatoms. The van der Waals surface area contributed by atoms with Crippen molar-refractivity contribution in [2.45, 2.75) is 19.6 Å². The molecule has 2 aromatic rings. The molecule has 0 heterocycles. The molecule has 0 aliphatic carbocycles. The van der Waals surface area contributed by atoms with Crippen LogP contribution < -0.4 is 4.74 Å². The molecule has 1 atom stereocenters. The molecule has 0 radical (unpaired) electrons. The Labute approximate surface area is 130 Å². The molecule has 116 valence electrons. The van der Waals surface area contributed by atoms with Gasteiger partial charge in [-0.05, 0) is 30.7 Å². The number of methoxy groups -OCH3 is 2. The van der Waals surface area contributed by atoms with E-state index < -0.39 is 0 Å². The number of hydrogen-bond donors (Lipinski definition) is 0. The van der Waals surface area contributed by atoms with Crippen LogP contribution in [0.4, 0.5) is 0 Å². The van der Waals surface area contributed by atoms with Gasteiger partial charge in [0.2, 0.25) is 0 Å². The molecule has 2 aromatic carbocycles. The highest BCUT2D eigenvalue weighted by Gasteiger charge is 2.10. The number of para-hydroxylation sites is 1. The van der Waals surface area contributed by atoms with E-state index in [4.69, 9.17) is 14.2 Å². The second-order valence-electron chi connectivity index (χ2n) is 4.89. The zero-order valence-corrected chi connectivity index (χ0v) is 13.0. The summed E-state index contributed by atoms with van der Waals surface area (Å²) in [7, 11) is 3.25. The molecule has 0 aliphatic rings. The Kier molecular flexibility index (Phi) is 5.55. The lowest BCUT2D eigenvalue weighted by molar-refractivity contribution is 0.0470. The molecule has 4 nitrogen and oxygen atoms in total. The van der Waals surface area contributed by atoms with Crippen molar-refractivity contribution in [2.24, 2.45) is 0 Å². The maximum Gasteiger partial charge on any atom is 0.338 e. The van der Waals surface area contributed by atoms with Crippen LogP contribution in [0.2, 0.25) is 0 Å². The van der Waals surface area contributed by atoms with Gasteiger partial charge in [0.05, 0.1) is 18.8 Å². The van der Waals surface area contributed by atoms with Gasteiger partial charge >= 0.3 is 5.97 Å². The SMILES string of the molecule is COc1ccccc1COC(=O)c1ccc(C(C)OC)cc1. The predicted molar refractivity (Wildman–Crippen MR) is 84.0 cm³/mol. The lowest BCUT2D eigenvalue weighted by atomic mass is 10.1. The number of carbonyl (C=O) groups is 1. The Morgan fingerprint density at radius 2 is 1.73 bits per heavy atom. The maximum atomic E-state index is 12.1. The Bertz CT molecular complexity index is 619. The van der Waals surface area contributed by atoms with Crippen LogP contribution in [0.3, 0.4) is 0 Å². The summed E-state index contributed by atoms with van der Waals surface area (Å²) in [6.07, 6.45) is -0.00125. The third-order valence-corrected chi connectivity index (χ3v) is 3.52. The van der Waals surface area contributed by atoms with Crippen LogP contribution in [-0.2, 0) is 16.1 Å². The largest absolute Gasteiger partial charge is 0.496 e. The van der Waals surface area contributed by atoms with Crippen molar-refractivity contribution in [3.63, 3.8) is 0 Å². The second kappa shape index (κ2) is 7.61. The van der Waals surface area contributed by atoms with Gasteiger partial charge in [-0.25, -0.2) is 4.79 Å². The van der Waals surface area contributed by atoms with Crippen molar-refractivity contribution >= 4 is 5.97 Å². The molecule has 2 rings (SSSR count). The molecule has 0 aliphatic heterocycles. The van der Waals surface area contributed by atoms with Crippen molar-refractivity contribution in [1.29, 1.82) is 0 Å². The van der Waals surface area contributed by atoms with Crippen molar-refractivity contribution in [3.05, 3.63) is 65.2 Å². The first-order valence-electron chi connectivity index (χ1n) is 7.07. The summed E-state index contributed by atoms with van der Waals surface area (Å²) in [6.45, 7) is 2.13. The van der Waals surface area contributed by atoms with Crippen molar-refractivity contribution < 1.29 is 19.0 Å². The molecular formula is C18H20O4. The van der Waals surface area contributed by atoms with E-state index in [2.05, 4.69) is 0 Å². The minimum Gasteiger partial charge on any atom is -0.496 e. The van der Waals surface area contributed by atoms with Crippen LogP contribution in [0.15, 0.2) is 48.5 Å². The molecular weight excluding hydrogens is 280 g/mol. The fraction of sp³-hybridized carbons (Fsp3) is 0.278. The highest BCUT2D eigenvalue weighted by Crippen LogP contribution is 2.20. The van der Waals surface area contributed by atoms with Crippen LogP contribution in [0, 0.1) is 0 Å². The molecule has 1 unspecified atom stereocenters. The van der Waals surface area contributed by atoms with Gasteiger partial charge in [0.25, 0.3) is 0 Å². The summed E-state index contributed by atoms with van der Waals surface area (Å²) in [5, 5.41) is 0. The van der Waals surface area contributed by atoms with E-state index in [9.17, 15) is 4.79 Å². The Hall–Kier alpha value is -2.33. The molecule has 0 N–H and O–H groups in total. The van der Waals surface area contributed by atoms with Gasteiger partial charge in [0.1, 0.15) is 12.4 Å². The van der Waals surface area contributed by atoms with Crippen molar-refractivity contribution in [3.8, 4) is 5.75 Å². The average molecular weight is 300 g/mol. The molecule has 22 heavy (non-hydrogen) atoms. The molecule has 0 amide bonds. The zero-order chi connectivity index (χ0) is 15.9. The number of carbonyl (C=O) groups excluding carboxylic acids is 1. The molecule has 0 spiro atoms. The fourth-order valence-corrected chi connectivity index (χ4v) is 2.08. The topological polar surface area (TPSA) is 44.8 Å². The van der Waals surface area contributed by atoms with E-state index in [1.165, 1.54) is 0 Å². The molecule has 0 saturated carbocycles. The first-order valence-corrected chi connectivity index (χ1v) is 7.07. The van der Waals surface area contributed by atoms with Crippen LogP contribution in [0.1, 0.15) is 34.5 Å². The van der Waals surface area contributed by atoms with E-state index in [0.29, 0.717) is 11.3 Å². The highest BCUT2D eigenvalue weighted by atomic mass is 16.5. The second-order valence-corrected chi connectivity index (χ2v) is 4.89. The highest BCUT2D eigenvalue weighted by molar-refractivity contribution is 5.89. The third kappa shape index (κ3) is 3.86. The Balaban J connectivity index is 2.00. The van der Waals surface area contributed by atoms with Gasteiger partial charge in [-0.15, -0.1) is 0 Å². The van der Waals surface area contributed by atoms with Gasteiger partial charge in [-0.1, -0.05) is 30.3 Å². The minimum atomic E-state index is -0.359. The standard InChI is InChI=1S/C18H20O4/c1-13(20-2)14-8-10-15(11-9-14)18(19)22-12-16-6-4-5-7-17(16)21-3/h4-11,13H,12H2,1-3H3. The van der Waals surface area contributed by atoms with E-state index in [-0.39, 0.29) is 18.7 Å². The van der Waals surface area contributed by atoms with Crippen molar-refractivity contribution in [2.75, 3.05) is 14.2 Å². The number of ether oxygens (including phenoxy) is 3. The fourth-order valence-electron chi connectivity index (χ4n) is 2.08. The van der Waals surface area contributed by atoms with Gasteiger partial charge in [-0.2, -0.15) is 0 Å². The predicted octanol–water partition coefficient (Wildman–Crippen LogP) is 3.76. The van der Waals surface area contributed by atoms with E-state index in [1.54, 1.807) is 26.4 Å². The summed E-state index contributed by atoms with van der Waals surface area (Å²) in [4.78, 5) is 12.1. The van der Waals surface area contributed by atoms with E-state index in [1.807, 2.05) is 43.3 Å². The van der Waals surface area contributed by atoms with Crippen molar-refractivity contribution in [1.82, 2.24) is 0 Å². The van der Waals surface area contributed by atoms with Crippen LogP contribution in [-0.4, -0.2) is 20.2 Å². The lowest BCUT2D eigenvalue weighted by Gasteiger charge is -2.11. The van der Waals surface area contributed by atoms with E-state index in [0.717, 1.165) is 11.1 Å². The summed E-state index contributed by atoms with van der Waals surface area (Å²) in [5.41, 5.74) is 2.37. The summed E-state index contributed by atoms with van der Waals surface area (Å²) in [5.74, 6) is 0.349. The molecule has 0 bridgehead atoms. The van der Waals surface area contributed by atoms with Crippen LogP contribution in [0.5, 0.6) is 5.75 Å². The Morgan fingerprint density at radius 1 is 1.05 bits per heavy atom. The maximum absolute atomic E-state index is 12.1. The normalized spacial score (nSPS) is 11.8. The smallest absolute Gasteiger partial charge is 0.338 e. The molecule has 0 saturated heterocycles. The molecule has 0 aromatic heterocycles. The first kappa shape index (κ1) is 16.0. The van der Waals surface area contributed by atoms with Gasteiger partial charge < -0.3 is 14.2 Å². The number of rotatable bonds is 6. The minimum absolute atomic E-state index is 0.00125. The average Bonchev–Trinajstić information content (AvgIpc) is 2.59. The zero-order valence-electron chi connectivity index (χ0n) is 13.0. The number of hydrogen-bond acceptors (Lipinski definition) is 4. The monoisotopic (exact) mass is 300 g/mol. The quantitative estimate of drug-likeness (QED) is 0.762. The summed E-state index contributed by atoms with van der Waals surface area (Å²) >= 11 is 0. The van der Waals surface area contributed by atoms with Gasteiger partial charge in [0, 0.05) is 12.7 Å².